The van der Waals surface area contributed by atoms with Gasteiger partial charge in [0.25, 0.3) is 0 Å². The first-order valence-corrected chi connectivity index (χ1v) is 12.9. The predicted octanol–water partition coefficient (Wildman–Crippen LogP) is 4.08. The molecule has 0 bridgehead atoms. The molecular formula is C27H38N2O4S. The smallest absolute Gasteiger partial charge is 0.237 e. The van der Waals surface area contributed by atoms with Gasteiger partial charge in [-0.25, -0.2) is 0 Å². The molecule has 186 valence electrons. The van der Waals surface area contributed by atoms with Gasteiger partial charge in [-0.15, -0.1) is 17.9 Å². The van der Waals surface area contributed by atoms with E-state index in [9.17, 15) is 9.90 Å². The predicted molar refractivity (Wildman–Crippen MR) is 137 cm³/mol. The minimum atomic E-state index is -0.656. The summed E-state index contributed by atoms with van der Waals surface area (Å²) >= 11 is 1.74. The van der Waals surface area contributed by atoms with Crippen LogP contribution in [-0.4, -0.2) is 72.9 Å². The quantitative estimate of drug-likeness (QED) is 0.432. The van der Waals surface area contributed by atoms with E-state index in [1.54, 1.807) is 17.4 Å². The minimum absolute atomic E-state index is 0.0338. The van der Waals surface area contributed by atoms with Crippen LogP contribution in [0.15, 0.2) is 48.4 Å². The molecule has 7 heteroatoms. The van der Waals surface area contributed by atoms with Crippen LogP contribution in [0.25, 0.3) is 0 Å². The number of carbonyl (C=O) groups excluding carboxylic acids is 1. The summed E-state index contributed by atoms with van der Waals surface area (Å²) in [7, 11) is 0. The third kappa shape index (κ3) is 7.67. The van der Waals surface area contributed by atoms with Crippen molar-refractivity contribution in [2.45, 2.75) is 39.3 Å². The topological polar surface area (TPSA) is 62.2 Å². The molecule has 1 amide bonds. The van der Waals surface area contributed by atoms with Crippen LogP contribution < -0.4 is 4.74 Å². The molecule has 1 N–H and O–H groups in total. The van der Waals surface area contributed by atoms with E-state index in [-0.39, 0.29) is 25.1 Å². The zero-order valence-electron chi connectivity index (χ0n) is 20.6. The summed E-state index contributed by atoms with van der Waals surface area (Å²) in [6, 6.07) is 9.96. The van der Waals surface area contributed by atoms with Gasteiger partial charge in [0, 0.05) is 31.1 Å². The van der Waals surface area contributed by atoms with Gasteiger partial charge in [-0.2, -0.15) is 0 Å². The molecule has 1 aliphatic rings. The zero-order chi connectivity index (χ0) is 24.5. The van der Waals surface area contributed by atoms with Crippen molar-refractivity contribution in [3.63, 3.8) is 0 Å². The molecule has 0 fully saturated rings. The Labute approximate surface area is 207 Å². The second-order valence-electron chi connectivity index (χ2n) is 9.34. The lowest BCUT2D eigenvalue weighted by Crippen LogP contribution is -2.48. The van der Waals surface area contributed by atoms with Crippen molar-refractivity contribution < 1.29 is 19.4 Å². The van der Waals surface area contributed by atoms with Gasteiger partial charge in [0.2, 0.25) is 5.91 Å². The molecule has 2 aromatic rings. The number of hydrogen-bond donors (Lipinski definition) is 1. The van der Waals surface area contributed by atoms with Gasteiger partial charge in [0.1, 0.15) is 12.4 Å². The molecule has 34 heavy (non-hydrogen) atoms. The zero-order valence-corrected chi connectivity index (χ0v) is 21.4. The number of benzene rings is 1. The lowest BCUT2D eigenvalue weighted by Gasteiger charge is -2.37. The van der Waals surface area contributed by atoms with Gasteiger partial charge in [-0.1, -0.05) is 37.6 Å². The third-order valence-corrected chi connectivity index (χ3v) is 6.82. The summed E-state index contributed by atoms with van der Waals surface area (Å²) in [6.45, 7) is 13.1. The Balaban J connectivity index is 1.64. The third-order valence-electron chi connectivity index (χ3n) is 5.82. The van der Waals surface area contributed by atoms with E-state index in [0.29, 0.717) is 38.8 Å². The van der Waals surface area contributed by atoms with Crippen LogP contribution in [0.5, 0.6) is 5.75 Å². The number of aliphatic hydroxyl groups excluding tert-OH is 1. The van der Waals surface area contributed by atoms with Crippen LogP contribution in [0.1, 0.15) is 35.9 Å². The second kappa shape index (κ2) is 13.0. The van der Waals surface area contributed by atoms with Gasteiger partial charge >= 0.3 is 0 Å². The largest absolute Gasteiger partial charge is 0.491 e. The van der Waals surface area contributed by atoms with E-state index in [2.05, 4.69) is 31.9 Å². The first kappa shape index (κ1) is 26.4. The number of nitrogens with zero attached hydrogens (tertiary/aromatic N) is 2. The molecule has 0 saturated heterocycles. The highest BCUT2D eigenvalue weighted by Crippen LogP contribution is 2.34. The molecule has 3 rings (SSSR count). The van der Waals surface area contributed by atoms with Crippen LogP contribution in [0.4, 0.5) is 0 Å². The maximum atomic E-state index is 13.5. The summed E-state index contributed by atoms with van der Waals surface area (Å²) in [4.78, 5) is 18.6. The number of fused-ring (bicyclic) bond motifs is 1. The summed E-state index contributed by atoms with van der Waals surface area (Å²) in [5.41, 5.74) is 2.36. The summed E-state index contributed by atoms with van der Waals surface area (Å²) in [5.74, 6) is 1.25. The molecular weight excluding hydrogens is 448 g/mol. The molecule has 1 aliphatic heterocycles. The Morgan fingerprint density at radius 2 is 2.06 bits per heavy atom. The molecule has 0 radical (unpaired) electrons. The van der Waals surface area contributed by atoms with Crippen LogP contribution in [0.3, 0.4) is 0 Å². The number of carbonyl (C=O) groups is 1. The van der Waals surface area contributed by atoms with Crippen molar-refractivity contribution in [1.82, 2.24) is 9.80 Å². The standard InChI is InChI=1S/C27H38N2O4S/c1-5-12-28(15-22(30)18-32-17-20(2)3)16-27(31)29-13-10-26-24(11-14-34-26)25(29)19-33-23-8-6-21(4)7-9-23/h5-9,11,14,20,22,25,30H,1,10,12-13,15-19H2,2-4H3/t22-,25-/m0/s1. The average Bonchev–Trinajstić information content (AvgIpc) is 3.27. The maximum Gasteiger partial charge on any atom is 0.237 e. The van der Waals surface area contributed by atoms with Gasteiger partial charge in [-0.3, -0.25) is 9.69 Å². The second-order valence-corrected chi connectivity index (χ2v) is 10.3. The Bertz CT molecular complexity index is 912. The molecule has 2 atom stereocenters. The fraction of sp³-hybridized carbons (Fsp3) is 0.519. The van der Waals surface area contributed by atoms with Gasteiger partial charge < -0.3 is 19.5 Å². The van der Waals surface area contributed by atoms with Crippen LogP contribution in [0, 0.1) is 12.8 Å². The van der Waals surface area contributed by atoms with E-state index < -0.39 is 6.10 Å². The Kier molecular flexibility index (Phi) is 10.1. The van der Waals surface area contributed by atoms with Crippen molar-refractivity contribution in [3.8, 4) is 5.75 Å². The normalized spacial score (nSPS) is 16.5. The SMILES string of the molecule is C=CCN(CC(=O)N1CCc2sccc2[C@@H]1COc1ccc(C)cc1)C[C@H](O)COCC(C)C. The van der Waals surface area contributed by atoms with E-state index in [4.69, 9.17) is 9.47 Å². The first-order chi connectivity index (χ1) is 16.4. The molecule has 1 aromatic heterocycles. The van der Waals surface area contributed by atoms with Crippen LogP contribution in [0.2, 0.25) is 0 Å². The monoisotopic (exact) mass is 486 g/mol. The lowest BCUT2D eigenvalue weighted by atomic mass is 10.0. The number of thiophene rings is 1. The molecule has 0 unspecified atom stereocenters. The number of aryl methyl sites for hydroxylation is 1. The molecule has 6 nitrogen and oxygen atoms in total. The molecule has 0 saturated carbocycles. The van der Waals surface area contributed by atoms with Crippen molar-refractivity contribution in [2.24, 2.45) is 5.92 Å². The van der Waals surface area contributed by atoms with Gasteiger partial charge in [0.15, 0.2) is 0 Å². The summed E-state index contributed by atoms with van der Waals surface area (Å²) in [5, 5.41) is 12.5. The van der Waals surface area contributed by atoms with E-state index in [1.165, 1.54) is 16.0 Å². The van der Waals surface area contributed by atoms with Crippen molar-refractivity contribution in [3.05, 3.63) is 64.4 Å². The highest BCUT2D eigenvalue weighted by molar-refractivity contribution is 7.10. The summed E-state index contributed by atoms with van der Waals surface area (Å²) in [6.07, 6.45) is 1.96. The fourth-order valence-electron chi connectivity index (χ4n) is 4.14. The number of hydrogen-bond acceptors (Lipinski definition) is 6. The highest BCUT2D eigenvalue weighted by atomic mass is 32.1. The van der Waals surface area contributed by atoms with Crippen LogP contribution >= 0.6 is 11.3 Å². The Morgan fingerprint density at radius 1 is 1.29 bits per heavy atom. The average molecular weight is 487 g/mol. The number of aliphatic hydroxyl groups is 1. The highest BCUT2D eigenvalue weighted by Gasteiger charge is 2.33. The molecule has 2 heterocycles. The van der Waals surface area contributed by atoms with Gasteiger partial charge in [-0.05, 0) is 48.4 Å². The van der Waals surface area contributed by atoms with Crippen molar-refractivity contribution in [2.75, 3.05) is 46.0 Å². The van der Waals surface area contributed by atoms with Crippen LogP contribution in [-0.2, 0) is 16.0 Å². The fourth-order valence-corrected chi connectivity index (χ4v) is 5.07. The number of rotatable bonds is 13. The number of ether oxygens (including phenoxy) is 2. The van der Waals surface area contributed by atoms with E-state index in [0.717, 1.165) is 12.2 Å². The van der Waals surface area contributed by atoms with Crippen molar-refractivity contribution in [1.29, 1.82) is 0 Å². The lowest BCUT2D eigenvalue weighted by molar-refractivity contribution is -0.136. The molecule has 0 aliphatic carbocycles. The molecule has 0 spiro atoms. The maximum absolute atomic E-state index is 13.5. The Morgan fingerprint density at radius 3 is 2.76 bits per heavy atom. The minimum Gasteiger partial charge on any atom is -0.491 e. The number of amides is 1. The molecule has 1 aromatic carbocycles. The van der Waals surface area contributed by atoms with E-state index >= 15 is 0 Å². The summed E-state index contributed by atoms with van der Waals surface area (Å²) < 4.78 is 11.7. The van der Waals surface area contributed by atoms with E-state index in [1.807, 2.05) is 41.0 Å². The Hall–Kier alpha value is -2.19. The first-order valence-electron chi connectivity index (χ1n) is 12.0. The van der Waals surface area contributed by atoms with Crippen molar-refractivity contribution >= 4 is 17.2 Å². The van der Waals surface area contributed by atoms with Gasteiger partial charge in [0.05, 0.1) is 25.3 Å².